The number of nitrogens with one attached hydrogen (secondary N) is 1. The number of aromatic nitrogens is 4. The molecule has 0 bridgehead atoms. The molecule has 0 radical (unpaired) electrons. The quantitative estimate of drug-likeness (QED) is 0.400. The standard InChI is InChI=1S/C17H7F7N4S/c18-9-6-7(16(19,20)21)3-4-8(9)13-25-11-12(17(22,23)24)26-14(28-15(11)27-13)10-2-1-5-29-10/h1-6H,(H,25,26,27,28). The van der Waals surface area contributed by atoms with Crippen LogP contribution >= 0.6 is 11.3 Å². The van der Waals surface area contributed by atoms with E-state index in [4.69, 9.17) is 0 Å². The summed E-state index contributed by atoms with van der Waals surface area (Å²) in [4.78, 5) is 14.0. The lowest BCUT2D eigenvalue weighted by molar-refractivity contribution is -0.140. The Balaban J connectivity index is 1.90. The highest BCUT2D eigenvalue weighted by atomic mass is 32.1. The number of alkyl halides is 6. The zero-order valence-corrected chi connectivity index (χ0v) is 14.7. The fraction of sp³-hybridized carbons (Fsp3) is 0.118. The molecule has 4 rings (SSSR count). The first-order valence-corrected chi connectivity index (χ1v) is 8.68. The largest absolute Gasteiger partial charge is 0.435 e. The summed E-state index contributed by atoms with van der Waals surface area (Å²) in [7, 11) is 0. The first-order chi connectivity index (χ1) is 13.5. The lowest BCUT2D eigenvalue weighted by Gasteiger charge is -2.08. The number of rotatable bonds is 2. The smallest absolute Gasteiger partial charge is 0.335 e. The molecule has 4 nitrogen and oxygen atoms in total. The molecule has 1 N–H and O–H groups in total. The minimum atomic E-state index is -4.87. The number of H-pyrrole nitrogens is 1. The van der Waals surface area contributed by atoms with Crippen LogP contribution in [0.1, 0.15) is 11.3 Å². The van der Waals surface area contributed by atoms with Gasteiger partial charge in [-0.15, -0.1) is 11.3 Å². The molecule has 0 unspecified atom stereocenters. The number of benzene rings is 1. The molecule has 0 saturated heterocycles. The summed E-state index contributed by atoms with van der Waals surface area (Å²) in [5, 5.41) is 1.63. The van der Waals surface area contributed by atoms with Gasteiger partial charge in [0.15, 0.2) is 17.2 Å². The monoisotopic (exact) mass is 432 g/mol. The second-order valence-corrected chi connectivity index (χ2v) is 6.79. The Kier molecular flexibility index (Phi) is 4.33. The number of imidazole rings is 1. The predicted octanol–water partition coefficient (Wildman–Crippen LogP) is 5.93. The van der Waals surface area contributed by atoms with E-state index in [9.17, 15) is 30.7 Å². The van der Waals surface area contributed by atoms with Gasteiger partial charge < -0.3 is 4.98 Å². The van der Waals surface area contributed by atoms with Crippen LogP contribution in [0.5, 0.6) is 0 Å². The molecule has 150 valence electrons. The van der Waals surface area contributed by atoms with Crippen molar-refractivity contribution in [1.29, 1.82) is 0 Å². The average Bonchev–Trinajstić information content (AvgIpc) is 3.28. The van der Waals surface area contributed by atoms with Crippen molar-refractivity contribution in [1.82, 2.24) is 19.9 Å². The fourth-order valence-electron chi connectivity index (χ4n) is 2.63. The van der Waals surface area contributed by atoms with E-state index >= 15 is 0 Å². The van der Waals surface area contributed by atoms with E-state index in [0.717, 1.165) is 17.4 Å². The van der Waals surface area contributed by atoms with Crippen molar-refractivity contribution < 1.29 is 30.7 Å². The van der Waals surface area contributed by atoms with Crippen LogP contribution in [0.25, 0.3) is 33.3 Å². The Morgan fingerprint density at radius 1 is 0.897 bits per heavy atom. The fourth-order valence-corrected chi connectivity index (χ4v) is 3.29. The Labute approximate surface area is 161 Å². The van der Waals surface area contributed by atoms with Crippen molar-refractivity contribution in [2.45, 2.75) is 12.4 Å². The molecule has 0 atom stereocenters. The maximum atomic E-state index is 14.2. The molecular formula is C17H7F7N4S. The summed E-state index contributed by atoms with van der Waals surface area (Å²) in [6, 6.07) is 4.77. The van der Waals surface area contributed by atoms with Crippen molar-refractivity contribution in [3.8, 4) is 22.1 Å². The van der Waals surface area contributed by atoms with Crippen LogP contribution in [-0.4, -0.2) is 19.9 Å². The molecular weight excluding hydrogens is 425 g/mol. The topological polar surface area (TPSA) is 54.5 Å². The highest BCUT2D eigenvalue weighted by Gasteiger charge is 2.37. The van der Waals surface area contributed by atoms with Gasteiger partial charge >= 0.3 is 12.4 Å². The molecule has 0 spiro atoms. The number of halogens is 7. The maximum absolute atomic E-state index is 14.2. The van der Waals surface area contributed by atoms with E-state index in [1.807, 2.05) is 0 Å². The molecule has 12 heteroatoms. The average molecular weight is 432 g/mol. The number of thiophene rings is 1. The van der Waals surface area contributed by atoms with Crippen molar-refractivity contribution in [3.63, 3.8) is 0 Å². The minimum absolute atomic E-state index is 0.217. The van der Waals surface area contributed by atoms with Gasteiger partial charge in [0.25, 0.3) is 0 Å². The van der Waals surface area contributed by atoms with Crippen LogP contribution in [0.2, 0.25) is 0 Å². The van der Waals surface area contributed by atoms with Crippen LogP contribution < -0.4 is 0 Å². The van der Waals surface area contributed by atoms with E-state index in [-0.39, 0.29) is 17.5 Å². The molecule has 0 amide bonds. The van der Waals surface area contributed by atoms with Crippen LogP contribution in [0.4, 0.5) is 30.7 Å². The highest BCUT2D eigenvalue weighted by molar-refractivity contribution is 7.13. The third kappa shape index (κ3) is 3.55. The molecule has 0 saturated carbocycles. The molecule has 29 heavy (non-hydrogen) atoms. The Bertz CT molecular complexity index is 1190. The zero-order chi connectivity index (χ0) is 21.0. The van der Waals surface area contributed by atoms with E-state index in [2.05, 4.69) is 19.9 Å². The molecule has 0 aliphatic rings. The van der Waals surface area contributed by atoms with Gasteiger partial charge in [-0.2, -0.15) is 26.3 Å². The Morgan fingerprint density at radius 3 is 2.24 bits per heavy atom. The molecule has 1 aromatic carbocycles. The van der Waals surface area contributed by atoms with Gasteiger partial charge in [0, 0.05) is 0 Å². The second kappa shape index (κ2) is 6.51. The van der Waals surface area contributed by atoms with Crippen molar-refractivity contribution in [2.24, 2.45) is 0 Å². The van der Waals surface area contributed by atoms with E-state index in [1.165, 1.54) is 6.07 Å². The number of hydrogen-bond acceptors (Lipinski definition) is 4. The molecule has 0 aliphatic heterocycles. The first-order valence-electron chi connectivity index (χ1n) is 7.80. The zero-order valence-electron chi connectivity index (χ0n) is 13.9. The summed E-state index contributed by atoms with van der Waals surface area (Å²) in [6.07, 6.45) is -9.63. The van der Waals surface area contributed by atoms with Crippen LogP contribution in [0.3, 0.4) is 0 Å². The van der Waals surface area contributed by atoms with Crippen molar-refractivity contribution >= 4 is 22.5 Å². The maximum Gasteiger partial charge on any atom is 0.435 e. The summed E-state index contributed by atoms with van der Waals surface area (Å²) < 4.78 is 92.8. The lowest BCUT2D eigenvalue weighted by Crippen LogP contribution is -2.10. The van der Waals surface area contributed by atoms with Crippen molar-refractivity contribution in [2.75, 3.05) is 0 Å². The van der Waals surface area contributed by atoms with E-state index in [0.29, 0.717) is 10.9 Å². The number of fused-ring (bicyclic) bond motifs is 1. The predicted molar refractivity (Wildman–Crippen MR) is 90.4 cm³/mol. The number of nitrogens with zero attached hydrogens (tertiary/aromatic N) is 3. The van der Waals surface area contributed by atoms with Gasteiger partial charge in [-0.05, 0) is 29.6 Å². The Morgan fingerprint density at radius 2 is 1.66 bits per heavy atom. The van der Waals surface area contributed by atoms with E-state index in [1.54, 1.807) is 11.4 Å². The van der Waals surface area contributed by atoms with Gasteiger partial charge in [-0.1, -0.05) is 6.07 Å². The van der Waals surface area contributed by atoms with Gasteiger partial charge in [0.2, 0.25) is 0 Å². The van der Waals surface area contributed by atoms with Gasteiger partial charge in [0.1, 0.15) is 17.2 Å². The summed E-state index contributed by atoms with van der Waals surface area (Å²) in [5.41, 5.74) is -3.94. The SMILES string of the molecule is Fc1cc(C(F)(F)F)ccc1-c1nc2nc(-c3cccs3)nc(C(F)(F)F)c2[nH]1. The molecule has 3 heterocycles. The molecule has 4 aromatic rings. The van der Waals surface area contributed by atoms with Crippen LogP contribution in [-0.2, 0) is 12.4 Å². The Hall–Kier alpha value is -3.02. The van der Waals surface area contributed by atoms with Gasteiger partial charge in [-0.3, -0.25) is 0 Å². The van der Waals surface area contributed by atoms with Crippen molar-refractivity contribution in [3.05, 3.63) is 52.8 Å². The van der Waals surface area contributed by atoms with Gasteiger partial charge in [-0.25, -0.2) is 19.3 Å². The third-order valence-corrected chi connectivity index (χ3v) is 4.78. The summed E-state index contributed by atoms with van der Waals surface area (Å²) >= 11 is 1.12. The van der Waals surface area contributed by atoms with E-state index < -0.39 is 46.3 Å². The molecule has 0 aliphatic carbocycles. The first kappa shape index (κ1) is 19.3. The second-order valence-electron chi connectivity index (χ2n) is 5.85. The molecule has 3 aromatic heterocycles. The van der Waals surface area contributed by atoms with Crippen LogP contribution in [0.15, 0.2) is 35.7 Å². The summed E-state index contributed by atoms with van der Waals surface area (Å²) in [5.74, 6) is -1.90. The number of aromatic amines is 1. The third-order valence-electron chi connectivity index (χ3n) is 3.91. The highest BCUT2D eigenvalue weighted by Crippen LogP contribution is 2.36. The van der Waals surface area contributed by atoms with Gasteiger partial charge in [0.05, 0.1) is 16.0 Å². The van der Waals surface area contributed by atoms with Crippen LogP contribution in [0, 0.1) is 5.82 Å². The summed E-state index contributed by atoms with van der Waals surface area (Å²) in [6.45, 7) is 0. The normalized spacial score (nSPS) is 12.7. The number of hydrogen-bond donors (Lipinski definition) is 1. The molecule has 0 fully saturated rings. The minimum Gasteiger partial charge on any atom is -0.335 e. The lowest BCUT2D eigenvalue weighted by atomic mass is 10.1.